The molecule has 0 radical (unpaired) electrons. The van der Waals surface area contributed by atoms with Crippen LogP contribution in [0.2, 0.25) is 0 Å². The van der Waals surface area contributed by atoms with Gasteiger partial charge >= 0.3 is 0 Å². The Labute approximate surface area is 130 Å². The Balaban J connectivity index is 2.92. The SMILES string of the molecule is C=CCS(=O)(=O)CC(=O)Nc1cc(NC(C)=O)ccc1CC. The van der Waals surface area contributed by atoms with Crippen LogP contribution in [0, 0.1) is 0 Å². The molecule has 0 heterocycles. The maximum atomic E-state index is 11.9. The van der Waals surface area contributed by atoms with Gasteiger partial charge in [-0.3, -0.25) is 9.59 Å². The van der Waals surface area contributed by atoms with Crippen molar-refractivity contribution in [3.63, 3.8) is 0 Å². The molecule has 0 aliphatic rings. The van der Waals surface area contributed by atoms with E-state index in [1.165, 1.54) is 13.0 Å². The maximum Gasteiger partial charge on any atom is 0.239 e. The number of aryl methyl sites for hydroxylation is 1. The van der Waals surface area contributed by atoms with Crippen LogP contribution in [0.1, 0.15) is 19.4 Å². The summed E-state index contributed by atoms with van der Waals surface area (Å²) in [6, 6.07) is 5.11. The minimum Gasteiger partial charge on any atom is -0.326 e. The van der Waals surface area contributed by atoms with Gasteiger partial charge < -0.3 is 10.6 Å². The van der Waals surface area contributed by atoms with Gasteiger partial charge in [0.05, 0.1) is 5.75 Å². The van der Waals surface area contributed by atoms with Crippen LogP contribution in [0.3, 0.4) is 0 Å². The standard InChI is InChI=1S/C15H20N2O4S/c1-4-8-22(20,21)10-15(19)17-14-9-13(16-11(3)18)7-6-12(14)5-2/h4,6-7,9H,1,5,8,10H2,2-3H3,(H,16,18)(H,17,19). The van der Waals surface area contributed by atoms with Crippen LogP contribution in [0.4, 0.5) is 11.4 Å². The first kappa shape index (κ1) is 17.9. The van der Waals surface area contributed by atoms with Crippen LogP contribution >= 0.6 is 0 Å². The van der Waals surface area contributed by atoms with Crippen LogP contribution in [-0.2, 0) is 25.8 Å². The average molecular weight is 324 g/mol. The molecule has 0 saturated carbocycles. The molecule has 2 N–H and O–H groups in total. The lowest BCUT2D eigenvalue weighted by Crippen LogP contribution is -2.24. The van der Waals surface area contributed by atoms with Crippen LogP contribution in [0.15, 0.2) is 30.9 Å². The van der Waals surface area contributed by atoms with Crippen molar-refractivity contribution in [1.82, 2.24) is 0 Å². The molecule has 0 unspecified atom stereocenters. The summed E-state index contributed by atoms with van der Waals surface area (Å²) in [7, 11) is -3.50. The molecule has 0 saturated heterocycles. The highest BCUT2D eigenvalue weighted by Crippen LogP contribution is 2.21. The molecule has 1 aromatic carbocycles. The normalized spacial score (nSPS) is 10.8. The molecule has 0 bridgehead atoms. The van der Waals surface area contributed by atoms with Crippen LogP contribution in [0.5, 0.6) is 0 Å². The van der Waals surface area contributed by atoms with Gasteiger partial charge in [0, 0.05) is 18.3 Å². The van der Waals surface area contributed by atoms with Crippen molar-refractivity contribution in [2.75, 3.05) is 22.1 Å². The lowest BCUT2D eigenvalue weighted by molar-refractivity contribution is -0.114. The van der Waals surface area contributed by atoms with Crippen molar-refractivity contribution in [3.05, 3.63) is 36.4 Å². The highest BCUT2D eigenvalue weighted by Gasteiger charge is 2.16. The zero-order chi connectivity index (χ0) is 16.8. The molecule has 1 rings (SSSR count). The maximum absolute atomic E-state index is 11.9. The summed E-state index contributed by atoms with van der Waals surface area (Å²) < 4.78 is 23.2. The molecular formula is C15H20N2O4S. The van der Waals surface area contributed by atoms with E-state index in [2.05, 4.69) is 17.2 Å². The molecule has 2 amide bonds. The van der Waals surface area contributed by atoms with Gasteiger partial charge in [-0.25, -0.2) is 8.42 Å². The van der Waals surface area contributed by atoms with E-state index in [0.29, 0.717) is 17.8 Å². The molecule has 1 aromatic rings. The average Bonchev–Trinajstić information content (AvgIpc) is 2.37. The number of hydrogen-bond donors (Lipinski definition) is 2. The van der Waals surface area contributed by atoms with Gasteiger partial charge in [0.15, 0.2) is 9.84 Å². The third-order valence-corrected chi connectivity index (χ3v) is 4.25. The number of nitrogens with one attached hydrogen (secondary N) is 2. The zero-order valence-electron chi connectivity index (χ0n) is 12.7. The smallest absolute Gasteiger partial charge is 0.239 e. The fourth-order valence-corrected chi connectivity index (χ4v) is 2.86. The summed E-state index contributed by atoms with van der Waals surface area (Å²) in [6.45, 7) is 6.65. The number of amides is 2. The van der Waals surface area contributed by atoms with Gasteiger partial charge in [-0.05, 0) is 24.1 Å². The summed E-state index contributed by atoms with van der Waals surface area (Å²) in [6.07, 6.45) is 1.91. The second-order valence-corrected chi connectivity index (χ2v) is 6.91. The van der Waals surface area contributed by atoms with Crippen molar-refractivity contribution in [2.24, 2.45) is 0 Å². The predicted molar refractivity (Wildman–Crippen MR) is 87.6 cm³/mol. The summed E-state index contributed by atoms with van der Waals surface area (Å²) >= 11 is 0. The van der Waals surface area contributed by atoms with Gasteiger partial charge in [0.25, 0.3) is 0 Å². The Morgan fingerprint density at radius 3 is 2.50 bits per heavy atom. The monoisotopic (exact) mass is 324 g/mol. The van der Waals surface area contributed by atoms with E-state index in [4.69, 9.17) is 0 Å². The predicted octanol–water partition coefficient (Wildman–Crippen LogP) is 1.75. The first-order chi connectivity index (χ1) is 10.3. The molecule has 120 valence electrons. The molecule has 0 aliphatic heterocycles. The summed E-state index contributed by atoms with van der Waals surface area (Å²) in [5.41, 5.74) is 1.88. The van der Waals surface area contributed by atoms with Gasteiger partial charge in [0.1, 0.15) is 5.75 Å². The largest absolute Gasteiger partial charge is 0.326 e. The van der Waals surface area contributed by atoms with Crippen molar-refractivity contribution < 1.29 is 18.0 Å². The number of rotatable bonds is 7. The van der Waals surface area contributed by atoms with E-state index in [1.807, 2.05) is 6.92 Å². The highest BCUT2D eigenvalue weighted by atomic mass is 32.2. The molecule has 7 heteroatoms. The molecule has 0 aliphatic carbocycles. The Bertz CT molecular complexity index is 681. The Morgan fingerprint density at radius 2 is 1.95 bits per heavy atom. The van der Waals surface area contributed by atoms with Gasteiger partial charge in [0.2, 0.25) is 11.8 Å². The summed E-state index contributed by atoms with van der Waals surface area (Å²) in [5.74, 6) is -1.69. The number of hydrogen-bond acceptors (Lipinski definition) is 4. The van der Waals surface area contributed by atoms with Crippen LogP contribution in [0.25, 0.3) is 0 Å². The molecule has 0 fully saturated rings. The van der Waals surface area contributed by atoms with Crippen LogP contribution < -0.4 is 10.6 Å². The number of carbonyl (C=O) groups excluding carboxylic acids is 2. The zero-order valence-corrected chi connectivity index (χ0v) is 13.5. The topological polar surface area (TPSA) is 92.3 Å². The lowest BCUT2D eigenvalue weighted by atomic mass is 10.1. The lowest BCUT2D eigenvalue weighted by Gasteiger charge is -2.12. The van der Waals surface area contributed by atoms with E-state index < -0.39 is 21.5 Å². The molecule has 22 heavy (non-hydrogen) atoms. The number of anilines is 2. The van der Waals surface area contributed by atoms with Gasteiger partial charge in [-0.15, -0.1) is 6.58 Å². The first-order valence-electron chi connectivity index (χ1n) is 6.79. The highest BCUT2D eigenvalue weighted by molar-refractivity contribution is 7.92. The summed E-state index contributed by atoms with van der Waals surface area (Å²) in [4.78, 5) is 23.0. The second kappa shape index (κ2) is 7.74. The van der Waals surface area contributed by atoms with Crippen molar-refractivity contribution in [2.45, 2.75) is 20.3 Å². The Hall–Kier alpha value is -2.15. The molecule has 6 nitrogen and oxygen atoms in total. The fourth-order valence-electron chi connectivity index (χ4n) is 1.91. The van der Waals surface area contributed by atoms with Crippen molar-refractivity contribution in [1.29, 1.82) is 0 Å². The van der Waals surface area contributed by atoms with Crippen molar-refractivity contribution >= 4 is 33.0 Å². The molecule has 0 atom stereocenters. The molecule has 0 aromatic heterocycles. The summed E-state index contributed by atoms with van der Waals surface area (Å²) in [5, 5.41) is 5.20. The van der Waals surface area contributed by atoms with Gasteiger partial charge in [-0.1, -0.05) is 19.1 Å². The minimum atomic E-state index is -3.50. The Kier molecular flexibility index (Phi) is 6.30. The van der Waals surface area contributed by atoms with Crippen molar-refractivity contribution in [3.8, 4) is 0 Å². The van der Waals surface area contributed by atoms with E-state index in [1.54, 1.807) is 18.2 Å². The third kappa shape index (κ3) is 5.69. The quantitative estimate of drug-likeness (QED) is 0.747. The van der Waals surface area contributed by atoms with E-state index in [9.17, 15) is 18.0 Å². The Morgan fingerprint density at radius 1 is 1.27 bits per heavy atom. The number of sulfone groups is 1. The second-order valence-electron chi connectivity index (χ2n) is 4.80. The van der Waals surface area contributed by atoms with E-state index in [0.717, 1.165) is 5.56 Å². The van der Waals surface area contributed by atoms with Gasteiger partial charge in [-0.2, -0.15) is 0 Å². The molecule has 0 spiro atoms. The molecular weight excluding hydrogens is 304 g/mol. The van der Waals surface area contributed by atoms with E-state index in [-0.39, 0.29) is 11.7 Å². The number of benzene rings is 1. The first-order valence-corrected chi connectivity index (χ1v) is 8.61. The van der Waals surface area contributed by atoms with Crippen LogP contribution in [-0.4, -0.2) is 31.7 Å². The fraction of sp³-hybridized carbons (Fsp3) is 0.333. The third-order valence-electron chi connectivity index (χ3n) is 2.81. The minimum absolute atomic E-state index is 0.227. The van der Waals surface area contributed by atoms with E-state index >= 15 is 0 Å². The number of carbonyl (C=O) groups is 2.